The van der Waals surface area contributed by atoms with Crippen LogP contribution in [0.4, 0.5) is 0 Å². The number of benzene rings is 2. The molecule has 1 aromatic heterocycles. The van der Waals surface area contributed by atoms with Crippen LogP contribution in [0.15, 0.2) is 42.6 Å². The van der Waals surface area contributed by atoms with E-state index in [4.69, 9.17) is 9.47 Å². The molecule has 2 atom stereocenters. The zero-order chi connectivity index (χ0) is 23.3. The number of carbonyl (C=O) groups is 2. The molecule has 2 N–H and O–H groups in total. The lowest BCUT2D eigenvalue weighted by Gasteiger charge is -2.29. The number of aromatic nitrogens is 1. The van der Waals surface area contributed by atoms with Crippen molar-refractivity contribution in [3.8, 4) is 11.5 Å². The van der Waals surface area contributed by atoms with Gasteiger partial charge in [-0.05, 0) is 38.0 Å². The fraction of sp³-hybridized carbons (Fsp3) is 0.360. The molecule has 5 rings (SSSR count). The number of nitrogens with one attached hydrogen (secondary N) is 2. The number of rotatable bonds is 6. The van der Waals surface area contributed by atoms with E-state index in [2.05, 4.69) is 16.4 Å². The molecule has 0 saturated carbocycles. The summed E-state index contributed by atoms with van der Waals surface area (Å²) in [5.41, 5.74) is 3.59. The number of thioether (sulfide) groups is 1. The van der Waals surface area contributed by atoms with Gasteiger partial charge in [-0.15, -0.1) is 11.8 Å². The zero-order valence-corrected chi connectivity index (χ0v) is 19.9. The molecule has 1 fully saturated rings. The van der Waals surface area contributed by atoms with Gasteiger partial charge in [0.05, 0.1) is 19.8 Å². The average molecular weight is 466 g/mol. The lowest BCUT2D eigenvalue weighted by molar-refractivity contribution is -0.126. The number of methoxy groups -OCH3 is 2. The molecule has 8 heteroatoms. The maximum Gasteiger partial charge on any atom is 0.260 e. The fourth-order valence-electron chi connectivity index (χ4n) is 5.01. The molecule has 0 radical (unpaired) electrons. The van der Waals surface area contributed by atoms with E-state index < -0.39 is 10.8 Å². The van der Waals surface area contributed by atoms with Crippen LogP contribution in [0.5, 0.6) is 11.5 Å². The number of para-hydroxylation sites is 1. The average Bonchev–Trinajstić information content (AvgIpc) is 3.42. The molecular formula is C25H27N3O4S. The summed E-state index contributed by atoms with van der Waals surface area (Å²) < 4.78 is 10.5. The number of H-pyrrole nitrogens is 1. The van der Waals surface area contributed by atoms with Crippen molar-refractivity contribution in [3.05, 3.63) is 59.3 Å². The fourth-order valence-corrected chi connectivity index (χ4v) is 6.59. The molecule has 1 unspecified atom stereocenters. The SMILES string of the molecule is COc1ccc2c(c1OC)C(=O)N1C2SC(C)(C)[C@H]1C(=O)NCCc1c[nH]c2ccccc12. The van der Waals surface area contributed by atoms with Gasteiger partial charge in [-0.25, -0.2) is 0 Å². The zero-order valence-electron chi connectivity index (χ0n) is 19.1. The second-order valence-electron chi connectivity index (χ2n) is 8.85. The Morgan fingerprint density at radius 2 is 1.97 bits per heavy atom. The van der Waals surface area contributed by atoms with Gasteiger partial charge >= 0.3 is 0 Å². The summed E-state index contributed by atoms with van der Waals surface area (Å²) >= 11 is 1.63. The number of ether oxygens (including phenoxy) is 2. The highest BCUT2D eigenvalue weighted by atomic mass is 32.2. The minimum atomic E-state index is -0.592. The number of hydrogen-bond acceptors (Lipinski definition) is 5. The van der Waals surface area contributed by atoms with Crippen LogP contribution in [0.1, 0.15) is 40.7 Å². The third-order valence-electron chi connectivity index (χ3n) is 6.51. The lowest BCUT2D eigenvalue weighted by Crippen LogP contribution is -2.52. The third kappa shape index (κ3) is 3.35. The molecule has 2 aliphatic rings. The van der Waals surface area contributed by atoms with Crippen LogP contribution in [0.3, 0.4) is 0 Å². The van der Waals surface area contributed by atoms with Crippen LogP contribution in [0.2, 0.25) is 0 Å². The van der Waals surface area contributed by atoms with Gasteiger partial charge in [-0.1, -0.05) is 24.3 Å². The standard InChI is InChI=1S/C25H27N3O4S/c1-25(2)21(22(29)26-12-11-14-13-27-17-8-6-5-7-15(14)17)28-23(30)19-16(24(28)33-25)9-10-18(31-3)20(19)32-4/h5-10,13,21,24,27H,11-12H2,1-4H3,(H,26,29)/t21-,24?/m1/s1. The molecule has 3 aromatic rings. The van der Waals surface area contributed by atoms with Gasteiger partial charge in [0.2, 0.25) is 5.91 Å². The first-order valence-corrected chi connectivity index (χ1v) is 11.8. The smallest absolute Gasteiger partial charge is 0.260 e. The van der Waals surface area contributed by atoms with E-state index in [1.165, 1.54) is 7.11 Å². The molecule has 2 amide bonds. The van der Waals surface area contributed by atoms with Crippen LogP contribution < -0.4 is 14.8 Å². The van der Waals surface area contributed by atoms with E-state index in [1.807, 2.05) is 50.4 Å². The Balaban J connectivity index is 1.37. The highest BCUT2D eigenvalue weighted by molar-refractivity contribution is 8.01. The summed E-state index contributed by atoms with van der Waals surface area (Å²) in [5.74, 6) is 0.601. The van der Waals surface area contributed by atoms with Gasteiger partial charge in [0.15, 0.2) is 11.5 Å². The number of fused-ring (bicyclic) bond motifs is 4. The van der Waals surface area contributed by atoms with Gasteiger partial charge in [0.25, 0.3) is 5.91 Å². The first kappa shape index (κ1) is 21.7. The van der Waals surface area contributed by atoms with Crippen molar-refractivity contribution in [2.45, 2.75) is 36.4 Å². The van der Waals surface area contributed by atoms with E-state index in [1.54, 1.807) is 23.8 Å². The second-order valence-corrected chi connectivity index (χ2v) is 10.6. The van der Waals surface area contributed by atoms with Gasteiger partial charge in [0, 0.05) is 34.0 Å². The Morgan fingerprint density at radius 1 is 1.18 bits per heavy atom. The molecule has 2 aliphatic heterocycles. The van der Waals surface area contributed by atoms with Crippen molar-refractivity contribution in [2.24, 2.45) is 0 Å². The van der Waals surface area contributed by atoms with E-state index in [0.29, 0.717) is 30.0 Å². The van der Waals surface area contributed by atoms with Crippen molar-refractivity contribution in [3.63, 3.8) is 0 Å². The molecule has 172 valence electrons. The quantitative estimate of drug-likeness (QED) is 0.577. The first-order valence-electron chi connectivity index (χ1n) is 11.0. The lowest BCUT2D eigenvalue weighted by atomic mass is 10.0. The van der Waals surface area contributed by atoms with Crippen molar-refractivity contribution in [1.82, 2.24) is 15.2 Å². The van der Waals surface area contributed by atoms with Crippen molar-refractivity contribution in [1.29, 1.82) is 0 Å². The highest BCUT2D eigenvalue weighted by Gasteiger charge is 2.58. The second kappa shape index (κ2) is 8.02. The molecule has 0 aliphatic carbocycles. The van der Waals surface area contributed by atoms with E-state index in [0.717, 1.165) is 22.0 Å². The maximum absolute atomic E-state index is 13.5. The van der Waals surface area contributed by atoms with Gasteiger partial charge in [-0.3, -0.25) is 9.59 Å². The first-order chi connectivity index (χ1) is 15.9. The topological polar surface area (TPSA) is 83.7 Å². The van der Waals surface area contributed by atoms with E-state index in [-0.39, 0.29) is 17.2 Å². The number of aromatic amines is 1. The molecule has 1 saturated heterocycles. The number of amides is 2. The summed E-state index contributed by atoms with van der Waals surface area (Å²) in [6, 6.07) is 11.2. The van der Waals surface area contributed by atoms with Gasteiger partial charge in [0.1, 0.15) is 11.4 Å². The third-order valence-corrected chi connectivity index (χ3v) is 8.05. The Bertz CT molecular complexity index is 1250. The van der Waals surface area contributed by atoms with E-state index >= 15 is 0 Å². The van der Waals surface area contributed by atoms with Crippen molar-refractivity contribution < 1.29 is 19.1 Å². The molecule has 2 aromatic carbocycles. The van der Waals surface area contributed by atoms with Crippen molar-refractivity contribution in [2.75, 3.05) is 20.8 Å². The summed E-state index contributed by atoms with van der Waals surface area (Å²) in [6.07, 6.45) is 2.70. The Hall–Kier alpha value is -3.13. The summed E-state index contributed by atoms with van der Waals surface area (Å²) in [6.45, 7) is 4.54. The Morgan fingerprint density at radius 3 is 2.73 bits per heavy atom. The molecule has 0 bridgehead atoms. The van der Waals surface area contributed by atoms with Crippen molar-refractivity contribution >= 4 is 34.5 Å². The number of carbonyl (C=O) groups excluding carboxylic acids is 2. The van der Waals surface area contributed by atoms with Crippen LogP contribution in [-0.2, 0) is 11.2 Å². The van der Waals surface area contributed by atoms with Crippen LogP contribution in [0, 0.1) is 0 Å². The summed E-state index contributed by atoms with van der Waals surface area (Å²) in [7, 11) is 3.08. The predicted molar refractivity (Wildman–Crippen MR) is 129 cm³/mol. The molecule has 7 nitrogen and oxygen atoms in total. The monoisotopic (exact) mass is 465 g/mol. The normalized spacial score (nSPS) is 20.6. The minimum absolute atomic E-state index is 0.137. The largest absolute Gasteiger partial charge is 0.493 e. The van der Waals surface area contributed by atoms with Gasteiger partial charge in [-0.2, -0.15) is 0 Å². The molecule has 3 heterocycles. The Kier molecular flexibility index (Phi) is 5.28. The van der Waals surface area contributed by atoms with E-state index in [9.17, 15) is 9.59 Å². The van der Waals surface area contributed by atoms with Crippen LogP contribution in [-0.4, -0.2) is 53.3 Å². The predicted octanol–water partition coefficient (Wildman–Crippen LogP) is 3.89. The number of nitrogens with zero attached hydrogens (tertiary/aromatic N) is 1. The molecule has 0 spiro atoms. The minimum Gasteiger partial charge on any atom is -0.493 e. The maximum atomic E-state index is 13.5. The molecular weight excluding hydrogens is 438 g/mol. The molecule has 33 heavy (non-hydrogen) atoms. The summed E-state index contributed by atoms with van der Waals surface area (Å²) in [5, 5.41) is 4.01. The highest BCUT2D eigenvalue weighted by Crippen LogP contribution is 2.58. The van der Waals surface area contributed by atoms with Crippen LogP contribution >= 0.6 is 11.8 Å². The number of hydrogen-bond donors (Lipinski definition) is 2. The van der Waals surface area contributed by atoms with Crippen LogP contribution in [0.25, 0.3) is 10.9 Å². The Labute approximate surface area is 196 Å². The van der Waals surface area contributed by atoms with Gasteiger partial charge < -0.3 is 24.7 Å². The summed E-state index contributed by atoms with van der Waals surface area (Å²) in [4.78, 5) is 31.9.